The molecule has 30 heavy (non-hydrogen) atoms. The molecule has 2 fully saturated rings. The Labute approximate surface area is 176 Å². The van der Waals surface area contributed by atoms with Crippen molar-refractivity contribution in [3.63, 3.8) is 0 Å². The molecular weight excluding hydrogens is 374 g/mol. The van der Waals surface area contributed by atoms with Gasteiger partial charge >= 0.3 is 0 Å². The van der Waals surface area contributed by atoms with E-state index in [4.69, 9.17) is 9.72 Å². The Morgan fingerprint density at radius 3 is 2.63 bits per heavy atom. The number of hydrogen-bond acceptors (Lipinski definition) is 5. The number of piperidine rings is 1. The van der Waals surface area contributed by atoms with Crippen molar-refractivity contribution in [1.29, 1.82) is 0 Å². The van der Waals surface area contributed by atoms with Crippen molar-refractivity contribution in [2.75, 3.05) is 11.9 Å². The first-order chi connectivity index (χ1) is 14.6. The third kappa shape index (κ3) is 2.98. The Bertz CT molecular complexity index is 1090. The first-order valence-electron chi connectivity index (χ1n) is 10.9. The second-order valence-corrected chi connectivity index (χ2v) is 8.96. The van der Waals surface area contributed by atoms with Gasteiger partial charge in [0.2, 0.25) is 5.88 Å². The van der Waals surface area contributed by atoms with Gasteiger partial charge in [-0.1, -0.05) is 12.1 Å². The molecule has 0 saturated carbocycles. The lowest BCUT2D eigenvalue weighted by Gasteiger charge is -2.36. The average molecular weight is 402 g/mol. The van der Waals surface area contributed by atoms with Gasteiger partial charge in [0.05, 0.1) is 6.20 Å². The molecule has 6 rings (SSSR count). The van der Waals surface area contributed by atoms with Crippen LogP contribution in [0.3, 0.4) is 0 Å². The quantitative estimate of drug-likeness (QED) is 0.724. The first kappa shape index (κ1) is 18.0. The zero-order valence-electron chi connectivity index (χ0n) is 17.5. The van der Waals surface area contributed by atoms with Crippen LogP contribution in [0.25, 0.3) is 22.3 Å². The Balaban J connectivity index is 1.28. The minimum absolute atomic E-state index is 0.548. The molecule has 3 aliphatic rings. The maximum absolute atomic E-state index is 6.11. The van der Waals surface area contributed by atoms with E-state index >= 15 is 0 Å². The number of benzene rings is 1. The Morgan fingerprint density at radius 2 is 1.87 bits per heavy atom. The van der Waals surface area contributed by atoms with Crippen molar-refractivity contribution >= 4 is 5.82 Å². The summed E-state index contributed by atoms with van der Waals surface area (Å²) in [6.07, 6.45) is 8.96. The number of pyridine rings is 1. The van der Waals surface area contributed by atoms with Gasteiger partial charge in [-0.25, -0.2) is 0 Å². The fourth-order valence-electron chi connectivity index (χ4n) is 5.34. The van der Waals surface area contributed by atoms with Gasteiger partial charge in [0.1, 0.15) is 12.4 Å². The van der Waals surface area contributed by atoms with Gasteiger partial charge < -0.3 is 15.0 Å². The van der Waals surface area contributed by atoms with Crippen LogP contribution in [0.4, 0.5) is 5.82 Å². The lowest BCUT2D eigenvalue weighted by Crippen LogP contribution is -2.47. The SMILES string of the molecule is CN(c1ccc2c(n1)OCc1cc(-c3cnn(C)c3)ccc1-2)C1C[C@H]2CC[C@@H](C1)N2. The van der Waals surface area contributed by atoms with Crippen molar-refractivity contribution in [3.05, 3.63) is 48.3 Å². The number of fused-ring (bicyclic) bond motifs is 5. The van der Waals surface area contributed by atoms with Crippen molar-refractivity contribution in [3.8, 4) is 28.1 Å². The van der Waals surface area contributed by atoms with E-state index in [-0.39, 0.29) is 0 Å². The summed E-state index contributed by atoms with van der Waals surface area (Å²) >= 11 is 0. The van der Waals surface area contributed by atoms with Crippen LogP contribution in [0, 0.1) is 0 Å². The number of aryl methyl sites for hydroxylation is 1. The minimum atomic E-state index is 0.548. The number of nitrogens with zero attached hydrogens (tertiary/aromatic N) is 4. The molecule has 1 unspecified atom stereocenters. The Hall–Kier alpha value is -2.86. The Morgan fingerprint density at radius 1 is 1.07 bits per heavy atom. The minimum Gasteiger partial charge on any atom is -0.472 e. The van der Waals surface area contributed by atoms with Crippen LogP contribution >= 0.6 is 0 Å². The highest BCUT2D eigenvalue weighted by Gasteiger charge is 2.35. The van der Waals surface area contributed by atoms with Crippen LogP contribution in [0.5, 0.6) is 5.88 Å². The summed E-state index contributed by atoms with van der Waals surface area (Å²) in [6.45, 7) is 0.550. The highest BCUT2D eigenvalue weighted by molar-refractivity contribution is 5.78. The molecule has 0 aliphatic carbocycles. The molecule has 1 N–H and O–H groups in total. The molecule has 1 aromatic carbocycles. The lowest BCUT2D eigenvalue weighted by molar-refractivity contribution is 0.289. The van der Waals surface area contributed by atoms with Gasteiger partial charge in [0.15, 0.2) is 0 Å². The summed E-state index contributed by atoms with van der Waals surface area (Å²) in [4.78, 5) is 7.27. The third-order valence-electron chi connectivity index (χ3n) is 7.00. The molecule has 0 spiro atoms. The molecular formula is C24H27N5O. The standard InChI is InChI=1S/C24H27N5O/c1-28-13-17(12-25-28)15-3-6-21-16(9-15)14-30-24-22(21)7-8-23(27-24)29(2)20-10-18-4-5-19(11-20)26-18/h3,6-9,12-13,18-20,26H,4-5,10-11,14H2,1-2H3/t18-,19+,20?. The second kappa shape index (κ2) is 6.84. The van der Waals surface area contributed by atoms with Crippen molar-refractivity contribution in [1.82, 2.24) is 20.1 Å². The molecule has 154 valence electrons. The van der Waals surface area contributed by atoms with E-state index in [9.17, 15) is 0 Å². The number of hydrogen-bond donors (Lipinski definition) is 1. The smallest absolute Gasteiger partial charge is 0.223 e. The van der Waals surface area contributed by atoms with E-state index < -0.39 is 0 Å². The molecule has 0 radical (unpaired) electrons. The number of aromatic nitrogens is 3. The molecule has 6 heteroatoms. The third-order valence-corrected chi connectivity index (χ3v) is 7.00. The normalized spacial score (nSPS) is 24.1. The monoisotopic (exact) mass is 401 g/mol. The topological polar surface area (TPSA) is 55.2 Å². The highest BCUT2D eigenvalue weighted by Crippen LogP contribution is 2.40. The molecule has 2 saturated heterocycles. The fourth-order valence-corrected chi connectivity index (χ4v) is 5.34. The summed E-state index contributed by atoms with van der Waals surface area (Å²) < 4.78 is 7.94. The second-order valence-electron chi connectivity index (χ2n) is 8.96. The van der Waals surface area contributed by atoms with Gasteiger partial charge in [0, 0.05) is 49.5 Å². The highest BCUT2D eigenvalue weighted by atomic mass is 16.5. The van der Waals surface area contributed by atoms with Crippen molar-refractivity contribution < 1.29 is 4.74 Å². The predicted octanol–water partition coefficient (Wildman–Crippen LogP) is 3.76. The maximum atomic E-state index is 6.11. The van der Waals surface area contributed by atoms with Crippen LogP contribution in [0.15, 0.2) is 42.7 Å². The van der Waals surface area contributed by atoms with Gasteiger partial charge in [-0.05, 0) is 60.6 Å². The van der Waals surface area contributed by atoms with Crippen LogP contribution in [0.2, 0.25) is 0 Å². The van der Waals surface area contributed by atoms with Gasteiger partial charge in [-0.3, -0.25) is 4.68 Å². The van der Waals surface area contributed by atoms with E-state index in [0.717, 1.165) is 22.8 Å². The van der Waals surface area contributed by atoms with Gasteiger partial charge in [-0.15, -0.1) is 0 Å². The number of anilines is 1. The van der Waals surface area contributed by atoms with Crippen molar-refractivity contribution in [2.45, 2.75) is 50.4 Å². The lowest BCUT2D eigenvalue weighted by atomic mass is 9.95. The van der Waals surface area contributed by atoms with E-state index in [1.54, 1.807) is 0 Å². The van der Waals surface area contributed by atoms with E-state index in [1.807, 2.05) is 24.1 Å². The first-order valence-corrected chi connectivity index (χ1v) is 10.9. The predicted molar refractivity (Wildman–Crippen MR) is 118 cm³/mol. The molecule has 3 aromatic rings. The summed E-state index contributed by atoms with van der Waals surface area (Å²) in [5.74, 6) is 1.76. The van der Waals surface area contributed by atoms with Crippen LogP contribution in [0.1, 0.15) is 31.2 Å². The Kier molecular flexibility index (Phi) is 4.09. The summed E-state index contributed by atoms with van der Waals surface area (Å²) in [7, 11) is 4.12. The molecule has 3 atom stereocenters. The number of ether oxygens (including phenoxy) is 1. The number of rotatable bonds is 3. The maximum Gasteiger partial charge on any atom is 0.223 e. The molecule has 6 nitrogen and oxygen atoms in total. The molecule has 2 bridgehead atoms. The van der Waals surface area contributed by atoms with E-state index in [0.29, 0.717) is 24.7 Å². The van der Waals surface area contributed by atoms with E-state index in [1.165, 1.54) is 42.4 Å². The van der Waals surface area contributed by atoms with Gasteiger partial charge in [-0.2, -0.15) is 10.1 Å². The zero-order valence-corrected chi connectivity index (χ0v) is 17.5. The van der Waals surface area contributed by atoms with Crippen LogP contribution in [-0.4, -0.2) is 39.9 Å². The van der Waals surface area contributed by atoms with Gasteiger partial charge in [0.25, 0.3) is 0 Å². The molecule has 0 amide bonds. The average Bonchev–Trinajstić information content (AvgIpc) is 3.36. The van der Waals surface area contributed by atoms with E-state index in [2.05, 4.69) is 52.7 Å². The molecule has 5 heterocycles. The summed E-state index contributed by atoms with van der Waals surface area (Å²) in [5, 5.41) is 8.01. The van der Waals surface area contributed by atoms with Crippen LogP contribution in [-0.2, 0) is 13.7 Å². The largest absolute Gasteiger partial charge is 0.472 e. The summed E-state index contributed by atoms with van der Waals surface area (Å²) in [5.41, 5.74) is 5.78. The summed E-state index contributed by atoms with van der Waals surface area (Å²) in [6, 6.07) is 12.8. The molecule has 3 aliphatic heterocycles. The fraction of sp³-hybridized carbons (Fsp3) is 0.417. The van der Waals surface area contributed by atoms with Crippen LogP contribution < -0.4 is 15.0 Å². The molecule has 2 aromatic heterocycles. The number of nitrogens with one attached hydrogen (secondary N) is 1. The zero-order chi connectivity index (χ0) is 20.2. The van der Waals surface area contributed by atoms with Crippen molar-refractivity contribution in [2.24, 2.45) is 7.05 Å².